The van der Waals surface area contributed by atoms with Crippen molar-refractivity contribution in [3.63, 3.8) is 0 Å². The van der Waals surface area contributed by atoms with Gasteiger partial charge in [0, 0.05) is 12.7 Å². The van der Waals surface area contributed by atoms with Crippen LogP contribution in [0.5, 0.6) is 5.75 Å². The smallest absolute Gasteiger partial charge is 0.258 e. The summed E-state index contributed by atoms with van der Waals surface area (Å²) in [6, 6.07) is 9.20. The Balaban J connectivity index is 1.40. The minimum Gasteiger partial charge on any atom is -0.491 e. The number of aromatic amines is 1. The molecule has 0 spiro atoms. The van der Waals surface area contributed by atoms with Crippen LogP contribution in [0.4, 0.5) is 0 Å². The second kappa shape index (κ2) is 6.42. The molecule has 0 aliphatic carbocycles. The molecule has 1 fully saturated rings. The number of nitrogens with zero attached hydrogens (tertiary/aromatic N) is 3. The van der Waals surface area contributed by atoms with Gasteiger partial charge in [-0.2, -0.15) is 4.98 Å². The van der Waals surface area contributed by atoms with Crippen LogP contribution in [0.3, 0.4) is 0 Å². The summed E-state index contributed by atoms with van der Waals surface area (Å²) in [5.41, 5.74) is 1.31. The zero-order chi connectivity index (χ0) is 18.4. The van der Waals surface area contributed by atoms with Gasteiger partial charge in [-0.05, 0) is 31.0 Å². The molecule has 2 aliphatic heterocycles. The van der Waals surface area contributed by atoms with E-state index in [1.165, 1.54) is 0 Å². The van der Waals surface area contributed by atoms with E-state index in [2.05, 4.69) is 15.1 Å². The Morgan fingerprint density at radius 1 is 1.26 bits per heavy atom. The molecule has 0 saturated carbocycles. The first-order chi connectivity index (χ1) is 13.2. The van der Waals surface area contributed by atoms with Crippen molar-refractivity contribution in [2.75, 3.05) is 13.2 Å². The van der Waals surface area contributed by atoms with E-state index in [4.69, 9.17) is 20.9 Å². The largest absolute Gasteiger partial charge is 0.491 e. The standard InChI is InChI=1S/C19H17ClN4O3/c20-12-7-15(21-8-12)17-22-18(27-23-17)11-5-6-13-10-26-16-4-2-1-3-14(16)19(25)24(13)9-11/h1-4,7-8,11,13,21H,5-6,9-10H2/t11-,13-/m0/s1. The quantitative estimate of drug-likeness (QED) is 0.731. The topological polar surface area (TPSA) is 84.2 Å². The summed E-state index contributed by atoms with van der Waals surface area (Å²) in [7, 11) is 0. The van der Waals surface area contributed by atoms with E-state index < -0.39 is 0 Å². The summed E-state index contributed by atoms with van der Waals surface area (Å²) < 4.78 is 11.4. The molecule has 1 amide bonds. The molecule has 4 heterocycles. The number of rotatable bonds is 2. The van der Waals surface area contributed by atoms with Gasteiger partial charge in [-0.3, -0.25) is 4.79 Å². The fourth-order valence-corrected chi connectivity index (χ4v) is 3.93. The van der Waals surface area contributed by atoms with Gasteiger partial charge in [0.25, 0.3) is 5.91 Å². The Hall–Kier alpha value is -2.80. The first-order valence-corrected chi connectivity index (χ1v) is 9.27. The summed E-state index contributed by atoms with van der Waals surface area (Å²) in [5, 5.41) is 4.64. The summed E-state index contributed by atoms with van der Waals surface area (Å²) in [4.78, 5) is 22.4. The number of H-pyrrole nitrogens is 1. The molecular weight excluding hydrogens is 368 g/mol. The predicted octanol–water partition coefficient (Wildman–Crippen LogP) is 3.50. The van der Waals surface area contributed by atoms with Gasteiger partial charge in [0.15, 0.2) is 0 Å². The Kier molecular flexibility index (Phi) is 3.89. The number of hydrogen-bond acceptors (Lipinski definition) is 5. The molecule has 7 nitrogen and oxygen atoms in total. The van der Waals surface area contributed by atoms with E-state index in [1.807, 2.05) is 29.2 Å². The minimum atomic E-state index is -0.00584. The van der Waals surface area contributed by atoms with Crippen molar-refractivity contribution in [1.82, 2.24) is 20.0 Å². The Bertz CT molecular complexity index is 998. The second-order valence-electron chi connectivity index (χ2n) is 6.88. The fraction of sp³-hybridized carbons (Fsp3) is 0.316. The summed E-state index contributed by atoms with van der Waals surface area (Å²) >= 11 is 5.94. The van der Waals surface area contributed by atoms with Gasteiger partial charge in [-0.1, -0.05) is 28.9 Å². The van der Waals surface area contributed by atoms with Crippen LogP contribution in [0.1, 0.15) is 35.0 Å². The number of halogens is 1. The molecule has 8 heteroatoms. The van der Waals surface area contributed by atoms with Gasteiger partial charge in [0.05, 0.1) is 28.2 Å². The third kappa shape index (κ3) is 2.88. The zero-order valence-electron chi connectivity index (χ0n) is 14.4. The van der Waals surface area contributed by atoms with Crippen molar-refractivity contribution in [2.45, 2.75) is 24.8 Å². The third-order valence-electron chi connectivity index (χ3n) is 5.20. The van der Waals surface area contributed by atoms with Crippen molar-refractivity contribution in [3.05, 3.63) is 53.0 Å². The van der Waals surface area contributed by atoms with E-state index >= 15 is 0 Å². The molecular formula is C19H17ClN4O3. The summed E-state index contributed by atoms with van der Waals surface area (Å²) in [6.07, 6.45) is 3.36. The number of para-hydroxylation sites is 1. The number of carbonyl (C=O) groups is 1. The molecule has 2 atom stereocenters. The van der Waals surface area contributed by atoms with Crippen molar-refractivity contribution in [1.29, 1.82) is 0 Å². The maximum Gasteiger partial charge on any atom is 0.258 e. The van der Waals surface area contributed by atoms with Gasteiger partial charge in [-0.25, -0.2) is 0 Å². The molecule has 0 bridgehead atoms. The lowest BCUT2D eigenvalue weighted by Crippen LogP contribution is -2.47. The zero-order valence-corrected chi connectivity index (χ0v) is 15.1. The Morgan fingerprint density at radius 3 is 3.00 bits per heavy atom. The average molecular weight is 385 g/mol. The van der Waals surface area contributed by atoms with Crippen molar-refractivity contribution >= 4 is 17.5 Å². The molecule has 27 heavy (non-hydrogen) atoms. The highest BCUT2D eigenvalue weighted by atomic mass is 35.5. The molecule has 2 aromatic heterocycles. The lowest BCUT2D eigenvalue weighted by molar-refractivity contribution is 0.0525. The van der Waals surface area contributed by atoms with Gasteiger partial charge in [0.1, 0.15) is 12.4 Å². The maximum absolute atomic E-state index is 13.0. The van der Waals surface area contributed by atoms with Crippen LogP contribution in [0.2, 0.25) is 5.02 Å². The van der Waals surface area contributed by atoms with Crippen molar-refractivity contribution in [3.8, 4) is 17.3 Å². The van der Waals surface area contributed by atoms with E-state index in [0.717, 1.165) is 12.8 Å². The maximum atomic E-state index is 13.0. The number of ether oxygens (including phenoxy) is 1. The Labute approximate surface area is 160 Å². The van der Waals surface area contributed by atoms with E-state index in [9.17, 15) is 4.79 Å². The van der Waals surface area contributed by atoms with Crippen molar-refractivity contribution in [2.24, 2.45) is 0 Å². The van der Waals surface area contributed by atoms with Crippen LogP contribution in [-0.2, 0) is 0 Å². The second-order valence-corrected chi connectivity index (χ2v) is 7.32. The van der Waals surface area contributed by atoms with Gasteiger partial charge >= 0.3 is 0 Å². The third-order valence-corrected chi connectivity index (χ3v) is 5.41. The highest BCUT2D eigenvalue weighted by Gasteiger charge is 2.38. The highest BCUT2D eigenvalue weighted by Crippen LogP contribution is 2.34. The lowest BCUT2D eigenvalue weighted by atomic mass is 9.92. The molecule has 0 radical (unpaired) electrons. The highest BCUT2D eigenvalue weighted by molar-refractivity contribution is 6.30. The normalized spacial score (nSPS) is 22.0. The van der Waals surface area contributed by atoms with Crippen molar-refractivity contribution < 1.29 is 14.1 Å². The number of piperidine rings is 1. The first-order valence-electron chi connectivity index (χ1n) is 8.90. The predicted molar refractivity (Wildman–Crippen MR) is 97.8 cm³/mol. The van der Waals surface area contributed by atoms with E-state index in [0.29, 0.717) is 46.9 Å². The number of aromatic nitrogens is 3. The number of benzene rings is 1. The van der Waals surface area contributed by atoms with E-state index in [1.54, 1.807) is 12.3 Å². The molecule has 5 rings (SSSR count). The summed E-state index contributed by atoms with van der Waals surface area (Å²) in [6.45, 7) is 1.04. The monoisotopic (exact) mass is 384 g/mol. The minimum absolute atomic E-state index is 0.00199. The lowest BCUT2D eigenvalue weighted by Gasteiger charge is -2.36. The molecule has 2 aliphatic rings. The molecule has 138 valence electrons. The number of hydrogen-bond donors (Lipinski definition) is 1. The number of fused-ring (bicyclic) bond motifs is 2. The Morgan fingerprint density at radius 2 is 2.15 bits per heavy atom. The summed E-state index contributed by atoms with van der Waals surface area (Å²) in [5.74, 6) is 1.66. The molecule has 0 unspecified atom stereocenters. The van der Waals surface area contributed by atoms with Crippen LogP contribution < -0.4 is 4.74 Å². The molecule has 1 N–H and O–H groups in total. The van der Waals surface area contributed by atoms with Crippen LogP contribution in [0.25, 0.3) is 11.5 Å². The molecule has 1 aromatic carbocycles. The van der Waals surface area contributed by atoms with Crippen LogP contribution >= 0.6 is 11.6 Å². The molecule has 1 saturated heterocycles. The van der Waals surface area contributed by atoms with Crippen LogP contribution in [-0.4, -0.2) is 45.1 Å². The van der Waals surface area contributed by atoms with Crippen LogP contribution in [0.15, 0.2) is 41.1 Å². The van der Waals surface area contributed by atoms with E-state index in [-0.39, 0.29) is 17.9 Å². The average Bonchev–Trinajstić information content (AvgIpc) is 3.32. The first kappa shape index (κ1) is 16.4. The molecule has 3 aromatic rings. The fourth-order valence-electron chi connectivity index (χ4n) is 3.77. The van der Waals surface area contributed by atoms with Gasteiger partial charge < -0.3 is 19.1 Å². The van der Waals surface area contributed by atoms with Gasteiger partial charge in [-0.15, -0.1) is 0 Å². The van der Waals surface area contributed by atoms with Gasteiger partial charge in [0.2, 0.25) is 11.7 Å². The number of carbonyl (C=O) groups excluding carboxylic acids is 1. The van der Waals surface area contributed by atoms with Crippen LogP contribution in [0, 0.1) is 0 Å². The number of nitrogens with one attached hydrogen (secondary N) is 1. The number of amides is 1. The SMILES string of the molecule is O=C1c2ccccc2OC[C@@H]2CC[C@H](c3nc(-c4cc(Cl)c[nH]4)no3)CN12.